The Morgan fingerprint density at radius 3 is 2.82 bits per heavy atom. The maximum Gasteiger partial charge on any atom is 0.143 e. The Bertz CT molecular complexity index is 729. The number of benzene rings is 2. The van der Waals surface area contributed by atoms with Gasteiger partial charge in [0.2, 0.25) is 0 Å². The van der Waals surface area contributed by atoms with Crippen molar-refractivity contribution in [2.75, 3.05) is 24.6 Å². The van der Waals surface area contributed by atoms with Crippen LogP contribution in [0, 0.1) is 17.1 Å². The van der Waals surface area contributed by atoms with Crippen molar-refractivity contribution in [3.8, 4) is 6.07 Å². The number of nitriles is 1. The van der Waals surface area contributed by atoms with Crippen molar-refractivity contribution < 1.29 is 9.13 Å². The molecule has 1 atom stereocenters. The molecular weight excluding hydrogens is 347 g/mol. The number of hydrogen-bond donors (Lipinski definition) is 0. The predicted octanol–water partition coefficient (Wildman–Crippen LogP) is 4.04. The fraction of sp³-hybridized carbons (Fsp3) is 0.235. The molecule has 0 aromatic heterocycles. The van der Waals surface area contributed by atoms with Crippen molar-refractivity contribution in [3.05, 3.63) is 63.9 Å². The SMILES string of the molecule is N#Cc1c(F)cccc1N1CCOC(c2ccccc2Br)C1. The lowest BCUT2D eigenvalue weighted by atomic mass is 10.1. The van der Waals surface area contributed by atoms with Crippen LogP contribution in [0.5, 0.6) is 0 Å². The molecule has 3 rings (SSSR count). The lowest BCUT2D eigenvalue weighted by Crippen LogP contribution is -2.39. The van der Waals surface area contributed by atoms with Crippen molar-refractivity contribution in [1.82, 2.24) is 0 Å². The third-order valence-corrected chi connectivity index (χ3v) is 4.48. The lowest BCUT2D eigenvalue weighted by molar-refractivity contribution is 0.0393. The molecule has 2 aromatic rings. The van der Waals surface area contributed by atoms with Crippen molar-refractivity contribution in [2.45, 2.75) is 6.10 Å². The molecule has 1 fully saturated rings. The van der Waals surface area contributed by atoms with Crippen LogP contribution in [0.2, 0.25) is 0 Å². The van der Waals surface area contributed by atoms with E-state index in [9.17, 15) is 9.65 Å². The minimum atomic E-state index is -0.482. The summed E-state index contributed by atoms with van der Waals surface area (Å²) in [6.07, 6.45) is -0.112. The van der Waals surface area contributed by atoms with Crippen molar-refractivity contribution in [3.63, 3.8) is 0 Å². The molecule has 0 bridgehead atoms. The van der Waals surface area contributed by atoms with E-state index in [0.717, 1.165) is 10.0 Å². The monoisotopic (exact) mass is 360 g/mol. The summed E-state index contributed by atoms with van der Waals surface area (Å²) < 4.78 is 20.6. The summed E-state index contributed by atoms with van der Waals surface area (Å²) in [6.45, 7) is 1.76. The lowest BCUT2D eigenvalue weighted by Gasteiger charge is -2.35. The second-order valence-corrected chi connectivity index (χ2v) is 5.93. The van der Waals surface area contributed by atoms with E-state index in [4.69, 9.17) is 4.74 Å². The van der Waals surface area contributed by atoms with Crippen molar-refractivity contribution in [1.29, 1.82) is 5.26 Å². The molecule has 3 nitrogen and oxygen atoms in total. The van der Waals surface area contributed by atoms with Gasteiger partial charge in [0.05, 0.1) is 12.3 Å². The second kappa shape index (κ2) is 6.47. The molecule has 5 heteroatoms. The Morgan fingerprint density at radius 2 is 2.05 bits per heavy atom. The van der Waals surface area contributed by atoms with Crippen LogP contribution in [0.3, 0.4) is 0 Å². The van der Waals surface area contributed by atoms with Crippen LogP contribution in [0.1, 0.15) is 17.2 Å². The number of hydrogen-bond acceptors (Lipinski definition) is 3. The van der Waals surface area contributed by atoms with E-state index in [1.807, 2.05) is 35.2 Å². The van der Waals surface area contributed by atoms with Crippen LogP contribution in [0.15, 0.2) is 46.9 Å². The third kappa shape index (κ3) is 2.85. The van der Waals surface area contributed by atoms with E-state index >= 15 is 0 Å². The first-order valence-corrected chi connectivity index (χ1v) is 7.79. The number of nitrogens with zero attached hydrogens (tertiary/aromatic N) is 2. The molecule has 0 saturated carbocycles. The van der Waals surface area contributed by atoms with E-state index in [1.54, 1.807) is 12.1 Å². The fourth-order valence-corrected chi connectivity index (χ4v) is 3.22. The van der Waals surface area contributed by atoms with Crippen LogP contribution < -0.4 is 4.90 Å². The van der Waals surface area contributed by atoms with Gasteiger partial charge in [-0.15, -0.1) is 0 Å². The first-order valence-electron chi connectivity index (χ1n) is 7.00. The molecule has 1 heterocycles. The smallest absolute Gasteiger partial charge is 0.143 e. The number of halogens is 2. The van der Waals surface area contributed by atoms with E-state index in [1.165, 1.54) is 6.07 Å². The van der Waals surface area contributed by atoms with E-state index < -0.39 is 5.82 Å². The maximum absolute atomic E-state index is 13.8. The molecule has 0 amide bonds. The maximum atomic E-state index is 13.8. The molecule has 2 aromatic carbocycles. The van der Waals surface area contributed by atoms with Gasteiger partial charge >= 0.3 is 0 Å². The van der Waals surface area contributed by atoms with Crippen LogP contribution >= 0.6 is 15.9 Å². The van der Waals surface area contributed by atoms with Crippen LogP contribution in [-0.2, 0) is 4.74 Å². The molecule has 0 spiro atoms. The van der Waals surface area contributed by atoms with Gasteiger partial charge in [0.15, 0.2) is 0 Å². The summed E-state index contributed by atoms with van der Waals surface area (Å²) in [5.41, 5.74) is 1.78. The zero-order valence-corrected chi connectivity index (χ0v) is 13.4. The Hall–Kier alpha value is -1.90. The highest BCUT2D eigenvalue weighted by atomic mass is 79.9. The summed E-state index contributed by atoms with van der Waals surface area (Å²) in [5.74, 6) is -0.482. The quantitative estimate of drug-likeness (QED) is 0.810. The summed E-state index contributed by atoms with van der Waals surface area (Å²) in [5, 5.41) is 9.20. The highest BCUT2D eigenvalue weighted by Gasteiger charge is 2.25. The summed E-state index contributed by atoms with van der Waals surface area (Å²) in [6, 6.07) is 14.6. The average Bonchev–Trinajstić information content (AvgIpc) is 2.55. The molecule has 1 unspecified atom stereocenters. The zero-order chi connectivity index (χ0) is 15.5. The molecule has 0 N–H and O–H groups in total. The van der Waals surface area contributed by atoms with Crippen molar-refractivity contribution >= 4 is 21.6 Å². The minimum Gasteiger partial charge on any atom is -0.370 e. The largest absolute Gasteiger partial charge is 0.370 e. The number of ether oxygens (including phenoxy) is 1. The highest BCUT2D eigenvalue weighted by molar-refractivity contribution is 9.10. The van der Waals surface area contributed by atoms with E-state index in [-0.39, 0.29) is 11.7 Å². The third-order valence-electron chi connectivity index (χ3n) is 3.76. The molecule has 0 aliphatic carbocycles. The van der Waals surface area contributed by atoms with Gasteiger partial charge in [-0.3, -0.25) is 0 Å². The molecule has 22 heavy (non-hydrogen) atoms. The highest BCUT2D eigenvalue weighted by Crippen LogP contribution is 2.32. The van der Waals surface area contributed by atoms with Gasteiger partial charge in [0, 0.05) is 17.6 Å². The van der Waals surface area contributed by atoms with Gasteiger partial charge in [-0.25, -0.2) is 4.39 Å². The van der Waals surface area contributed by atoms with Crippen LogP contribution in [0.25, 0.3) is 0 Å². The Balaban J connectivity index is 1.90. The number of anilines is 1. The molecule has 112 valence electrons. The minimum absolute atomic E-state index is 0.0928. The van der Waals surface area contributed by atoms with Gasteiger partial charge in [0.25, 0.3) is 0 Å². The second-order valence-electron chi connectivity index (χ2n) is 5.07. The Labute approximate surface area is 137 Å². The predicted molar refractivity (Wildman–Crippen MR) is 86.2 cm³/mol. The summed E-state index contributed by atoms with van der Waals surface area (Å²) in [4.78, 5) is 2.01. The number of morpholine rings is 1. The Kier molecular flexibility index (Phi) is 4.41. The molecular formula is C17H14BrFN2O. The first kappa shape index (κ1) is 15.0. The number of rotatable bonds is 2. The van der Waals surface area contributed by atoms with Gasteiger partial charge in [-0.1, -0.05) is 40.2 Å². The first-order chi connectivity index (χ1) is 10.7. The zero-order valence-electron chi connectivity index (χ0n) is 11.8. The van der Waals surface area contributed by atoms with Crippen LogP contribution in [0.4, 0.5) is 10.1 Å². The van der Waals surface area contributed by atoms with Crippen LogP contribution in [-0.4, -0.2) is 19.7 Å². The van der Waals surface area contributed by atoms with Gasteiger partial charge in [-0.05, 0) is 23.8 Å². The molecule has 1 saturated heterocycles. The normalized spacial score (nSPS) is 18.0. The van der Waals surface area contributed by atoms with E-state index in [2.05, 4.69) is 15.9 Å². The molecule has 1 aliphatic heterocycles. The fourth-order valence-electron chi connectivity index (χ4n) is 2.68. The standard InChI is InChI=1S/C17H14BrFN2O/c18-14-5-2-1-4-12(14)17-11-21(8-9-22-17)16-7-3-6-15(19)13(16)10-20/h1-7,17H,8-9,11H2. The average molecular weight is 361 g/mol. The topological polar surface area (TPSA) is 36.3 Å². The Morgan fingerprint density at radius 1 is 1.23 bits per heavy atom. The van der Waals surface area contributed by atoms with Crippen molar-refractivity contribution in [2.24, 2.45) is 0 Å². The molecule has 1 aliphatic rings. The van der Waals surface area contributed by atoms with Gasteiger partial charge in [0.1, 0.15) is 23.6 Å². The van der Waals surface area contributed by atoms with E-state index in [0.29, 0.717) is 25.4 Å². The molecule has 0 radical (unpaired) electrons. The summed E-state index contributed by atoms with van der Waals surface area (Å²) >= 11 is 3.54. The van der Waals surface area contributed by atoms with Gasteiger partial charge in [-0.2, -0.15) is 5.26 Å². The van der Waals surface area contributed by atoms with Gasteiger partial charge < -0.3 is 9.64 Å². The summed E-state index contributed by atoms with van der Waals surface area (Å²) in [7, 11) is 0.